The van der Waals surface area contributed by atoms with E-state index in [0.29, 0.717) is 6.54 Å². The number of anilines is 1. The molecule has 4 N–H and O–H groups in total. The summed E-state index contributed by atoms with van der Waals surface area (Å²) in [6.45, 7) is 6.08. The second kappa shape index (κ2) is 5.77. The van der Waals surface area contributed by atoms with Crippen molar-refractivity contribution in [3.05, 3.63) is 17.6 Å². The molecule has 0 aromatic carbocycles. The van der Waals surface area contributed by atoms with E-state index in [1.54, 1.807) is 6.92 Å². The maximum atomic E-state index is 9.26. The smallest absolute Gasteiger partial charge is 0.129 e. The van der Waals surface area contributed by atoms with Crippen LogP contribution in [0.1, 0.15) is 25.4 Å². The molecule has 2 unspecified atom stereocenters. The maximum absolute atomic E-state index is 9.26. The predicted octanol–water partition coefficient (Wildman–Crippen LogP) is 0.467. The van der Waals surface area contributed by atoms with Crippen LogP contribution < -0.4 is 11.1 Å². The Morgan fingerprint density at radius 1 is 1.50 bits per heavy atom. The van der Waals surface area contributed by atoms with Crippen LogP contribution in [-0.4, -0.2) is 33.8 Å². The van der Waals surface area contributed by atoms with Crippen molar-refractivity contribution in [2.75, 3.05) is 11.9 Å². The van der Waals surface area contributed by atoms with E-state index in [-0.39, 0.29) is 6.04 Å². The van der Waals surface area contributed by atoms with Crippen LogP contribution in [0.2, 0.25) is 0 Å². The third kappa shape index (κ3) is 3.75. The van der Waals surface area contributed by atoms with Gasteiger partial charge >= 0.3 is 0 Å². The molecule has 0 aliphatic carbocycles. The second-order valence-corrected chi connectivity index (χ2v) is 3.93. The number of aliphatic hydroxyl groups excluding tert-OH is 1. The predicted molar refractivity (Wildman–Crippen MR) is 64.3 cm³/mol. The number of hydrogen-bond acceptors (Lipinski definition) is 5. The van der Waals surface area contributed by atoms with E-state index in [2.05, 4.69) is 15.3 Å². The summed E-state index contributed by atoms with van der Waals surface area (Å²) in [4.78, 5) is 8.54. The van der Waals surface area contributed by atoms with E-state index >= 15 is 0 Å². The van der Waals surface area contributed by atoms with Gasteiger partial charge in [-0.1, -0.05) is 6.92 Å². The Morgan fingerprint density at radius 2 is 2.19 bits per heavy atom. The molecule has 5 heteroatoms. The molecule has 0 saturated carbocycles. The van der Waals surface area contributed by atoms with Gasteiger partial charge in [0.25, 0.3) is 0 Å². The van der Waals surface area contributed by atoms with E-state index in [9.17, 15) is 5.11 Å². The Balaban J connectivity index is 2.63. The summed E-state index contributed by atoms with van der Waals surface area (Å²) >= 11 is 0. The Labute approximate surface area is 96.1 Å². The largest absolute Gasteiger partial charge is 0.392 e. The van der Waals surface area contributed by atoms with Gasteiger partial charge in [-0.2, -0.15) is 0 Å². The highest BCUT2D eigenvalue weighted by Crippen LogP contribution is 2.07. The first-order valence-electron chi connectivity index (χ1n) is 5.55. The summed E-state index contributed by atoms with van der Waals surface area (Å²) in [5.41, 5.74) is 6.72. The maximum Gasteiger partial charge on any atom is 0.129 e. The number of rotatable bonds is 5. The van der Waals surface area contributed by atoms with E-state index < -0.39 is 6.10 Å². The van der Waals surface area contributed by atoms with Crippen molar-refractivity contribution < 1.29 is 5.11 Å². The summed E-state index contributed by atoms with van der Waals surface area (Å²) in [6, 6.07) is 1.61. The monoisotopic (exact) mass is 224 g/mol. The van der Waals surface area contributed by atoms with Crippen LogP contribution in [-0.2, 0) is 6.42 Å². The van der Waals surface area contributed by atoms with Crippen LogP contribution in [0, 0.1) is 6.92 Å². The first-order chi connectivity index (χ1) is 7.52. The quantitative estimate of drug-likeness (QED) is 0.677. The van der Waals surface area contributed by atoms with Crippen molar-refractivity contribution in [1.82, 2.24) is 9.97 Å². The number of nitrogens with one attached hydrogen (secondary N) is 1. The number of nitrogens with zero attached hydrogens (tertiary/aromatic N) is 2. The molecule has 1 aromatic heterocycles. The molecule has 0 radical (unpaired) electrons. The summed E-state index contributed by atoms with van der Waals surface area (Å²) in [7, 11) is 0. The lowest BCUT2D eigenvalue weighted by molar-refractivity contribution is 0.168. The minimum Gasteiger partial charge on any atom is -0.392 e. The van der Waals surface area contributed by atoms with Crippen molar-refractivity contribution in [1.29, 1.82) is 0 Å². The van der Waals surface area contributed by atoms with Crippen LogP contribution in [0.4, 0.5) is 5.82 Å². The zero-order valence-electron chi connectivity index (χ0n) is 10.1. The van der Waals surface area contributed by atoms with Crippen molar-refractivity contribution >= 4 is 5.82 Å². The lowest BCUT2D eigenvalue weighted by Gasteiger charge is -2.16. The first-order valence-corrected chi connectivity index (χ1v) is 5.55. The Hall–Kier alpha value is -1.20. The molecule has 0 saturated heterocycles. The molecule has 5 nitrogen and oxygen atoms in total. The van der Waals surface area contributed by atoms with Gasteiger partial charge in [0, 0.05) is 24.3 Å². The van der Waals surface area contributed by atoms with Gasteiger partial charge in [-0.3, -0.25) is 0 Å². The van der Waals surface area contributed by atoms with Gasteiger partial charge in [-0.15, -0.1) is 0 Å². The molecule has 16 heavy (non-hydrogen) atoms. The number of nitrogens with two attached hydrogens (primary N) is 1. The van der Waals surface area contributed by atoms with Gasteiger partial charge in [-0.25, -0.2) is 9.97 Å². The zero-order valence-corrected chi connectivity index (χ0v) is 10.1. The van der Waals surface area contributed by atoms with Gasteiger partial charge < -0.3 is 16.2 Å². The van der Waals surface area contributed by atoms with Crippen LogP contribution in [0.5, 0.6) is 0 Å². The minimum absolute atomic E-state index is 0.291. The van der Waals surface area contributed by atoms with E-state index in [1.807, 2.05) is 19.9 Å². The standard InChI is InChI=1S/C11H20N4O/c1-4-9-5-11(15-8(3)14-9)13-6-10(12)7(2)16/h5,7,10,16H,4,6,12H2,1-3H3,(H,13,14,15). The minimum atomic E-state index is -0.527. The molecule has 1 rings (SSSR count). The third-order valence-electron chi connectivity index (χ3n) is 2.39. The van der Waals surface area contributed by atoms with Gasteiger partial charge in [0.05, 0.1) is 6.10 Å². The molecule has 0 amide bonds. The van der Waals surface area contributed by atoms with Gasteiger partial charge in [0.2, 0.25) is 0 Å². The number of aliphatic hydroxyl groups is 1. The fourth-order valence-electron chi connectivity index (χ4n) is 1.29. The summed E-state index contributed by atoms with van der Waals surface area (Å²) in [5, 5.41) is 12.4. The molecule has 2 atom stereocenters. The topological polar surface area (TPSA) is 84.1 Å². The van der Waals surface area contributed by atoms with Crippen molar-refractivity contribution in [2.24, 2.45) is 5.73 Å². The van der Waals surface area contributed by atoms with Crippen molar-refractivity contribution in [3.8, 4) is 0 Å². The average Bonchev–Trinajstić information content (AvgIpc) is 2.24. The third-order valence-corrected chi connectivity index (χ3v) is 2.39. The van der Waals surface area contributed by atoms with Crippen molar-refractivity contribution in [3.63, 3.8) is 0 Å². The number of aryl methyl sites for hydroxylation is 2. The van der Waals surface area contributed by atoms with Gasteiger partial charge in [0.1, 0.15) is 11.6 Å². The first kappa shape index (κ1) is 12.9. The number of aromatic nitrogens is 2. The fraction of sp³-hybridized carbons (Fsp3) is 0.636. The summed E-state index contributed by atoms with van der Waals surface area (Å²) in [6.07, 6.45) is 0.349. The molecule has 0 spiro atoms. The number of hydrogen-bond donors (Lipinski definition) is 3. The summed E-state index contributed by atoms with van der Waals surface area (Å²) in [5.74, 6) is 1.51. The molecule has 90 valence electrons. The SMILES string of the molecule is CCc1cc(NCC(N)C(C)O)nc(C)n1. The Morgan fingerprint density at radius 3 is 2.75 bits per heavy atom. The second-order valence-electron chi connectivity index (χ2n) is 3.93. The van der Waals surface area contributed by atoms with Crippen LogP contribution in [0.15, 0.2) is 6.07 Å². The molecular formula is C11H20N4O. The van der Waals surface area contributed by atoms with E-state index in [0.717, 1.165) is 23.8 Å². The highest BCUT2D eigenvalue weighted by atomic mass is 16.3. The van der Waals surface area contributed by atoms with Crippen LogP contribution >= 0.6 is 0 Å². The molecule has 1 aromatic rings. The van der Waals surface area contributed by atoms with Crippen LogP contribution in [0.25, 0.3) is 0 Å². The fourth-order valence-corrected chi connectivity index (χ4v) is 1.29. The molecule has 1 heterocycles. The Bertz CT molecular complexity index is 341. The molecule has 0 aliphatic heterocycles. The highest BCUT2D eigenvalue weighted by Gasteiger charge is 2.09. The summed E-state index contributed by atoms with van der Waals surface area (Å²) < 4.78 is 0. The van der Waals surface area contributed by atoms with E-state index in [1.165, 1.54) is 0 Å². The Kier molecular flexibility index (Phi) is 4.64. The molecular weight excluding hydrogens is 204 g/mol. The van der Waals surface area contributed by atoms with Crippen LogP contribution in [0.3, 0.4) is 0 Å². The molecule has 0 bridgehead atoms. The zero-order chi connectivity index (χ0) is 12.1. The van der Waals surface area contributed by atoms with E-state index in [4.69, 9.17) is 5.73 Å². The average molecular weight is 224 g/mol. The lowest BCUT2D eigenvalue weighted by atomic mass is 10.2. The molecule has 0 fully saturated rings. The lowest BCUT2D eigenvalue weighted by Crippen LogP contribution is -2.38. The van der Waals surface area contributed by atoms with Gasteiger partial charge in [-0.05, 0) is 20.3 Å². The normalized spacial score (nSPS) is 14.6. The highest BCUT2D eigenvalue weighted by molar-refractivity contribution is 5.36. The van der Waals surface area contributed by atoms with Crippen molar-refractivity contribution in [2.45, 2.75) is 39.3 Å². The van der Waals surface area contributed by atoms with Gasteiger partial charge in [0.15, 0.2) is 0 Å². The molecule has 0 aliphatic rings.